The first kappa shape index (κ1) is 12.9. The smallest absolute Gasteiger partial charge is 0.251 e. The molecule has 0 saturated heterocycles. The van der Waals surface area contributed by atoms with E-state index in [0.717, 1.165) is 17.7 Å². The minimum Gasteiger partial charge on any atom is -0.352 e. The average molecular weight is 270 g/mol. The molecule has 20 heavy (non-hydrogen) atoms. The van der Waals surface area contributed by atoms with Gasteiger partial charge in [-0.25, -0.2) is 0 Å². The summed E-state index contributed by atoms with van der Waals surface area (Å²) in [4.78, 5) is 23.3. The van der Waals surface area contributed by atoms with E-state index in [1.54, 1.807) is 18.2 Å². The van der Waals surface area contributed by atoms with Gasteiger partial charge in [0.1, 0.15) is 0 Å². The zero-order valence-electron chi connectivity index (χ0n) is 11.4. The van der Waals surface area contributed by atoms with Crippen molar-refractivity contribution in [3.8, 4) is 0 Å². The van der Waals surface area contributed by atoms with Gasteiger partial charge in [0, 0.05) is 17.8 Å². The number of fused-ring (bicyclic) bond motifs is 1. The molecule has 0 radical (unpaired) electrons. The van der Waals surface area contributed by atoms with Crippen LogP contribution in [0.25, 0.3) is 0 Å². The van der Waals surface area contributed by atoms with Crippen LogP contribution in [0.2, 0.25) is 0 Å². The molecule has 1 heterocycles. The largest absolute Gasteiger partial charge is 0.352 e. The molecule has 0 aromatic heterocycles. The minimum atomic E-state index is -0.0641. The SMILES string of the molecule is O=C1Cc2cc(C(=O)NCCC3=CCCC3)ccc2N1. The van der Waals surface area contributed by atoms with Gasteiger partial charge in [0.05, 0.1) is 6.42 Å². The van der Waals surface area contributed by atoms with Gasteiger partial charge in [0.2, 0.25) is 5.91 Å². The summed E-state index contributed by atoms with van der Waals surface area (Å²) in [5.41, 5.74) is 3.80. The Hall–Kier alpha value is -2.10. The lowest BCUT2D eigenvalue weighted by Gasteiger charge is -2.07. The Morgan fingerprint density at radius 2 is 2.25 bits per heavy atom. The third-order valence-electron chi connectivity index (χ3n) is 3.86. The fraction of sp³-hybridized carbons (Fsp3) is 0.375. The number of nitrogens with one attached hydrogen (secondary N) is 2. The molecule has 2 N–H and O–H groups in total. The molecule has 1 aromatic rings. The average Bonchev–Trinajstić information content (AvgIpc) is 3.05. The van der Waals surface area contributed by atoms with E-state index in [1.165, 1.54) is 24.8 Å². The van der Waals surface area contributed by atoms with Crippen molar-refractivity contribution in [3.63, 3.8) is 0 Å². The predicted octanol–water partition coefficient (Wildman–Crippen LogP) is 2.41. The first-order valence-electron chi connectivity index (χ1n) is 7.11. The van der Waals surface area contributed by atoms with Gasteiger partial charge in [-0.2, -0.15) is 0 Å². The highest BCUT2D eigenvalue weighted by Gasteiger charge is 2.19. The molecule has 0 atom stereocenters. The van der Waals surface area contributed by atoms with E-state index in [2.05, 4.69) is 16.7 Å². The quantitative estimate of drug-likeness (QED) is 0.825. The summed E-state index contributed by atoms with van der Waals surface area (Å²) in [5, 5.41) is 5.71. The van der Waals surface area contributed by atoms with Crippen molar-refractivity contribution < 1.29 is 9.59 Å². The number of rotatable bonds is 4. The van der Waals surface area contributed by atoms with E-state index in [1.807, 2.05) is 0 Å². The monoisotopic (exact) mass is 270 g/mol. The van der Waals surface area contributed by atoms with Gasteiger partial charge in [0.15, 0.2) is 0 Å². The van der Waals surface area contributed by atoms with Crippen molar-refractivity contribution in [2.24, 2.45) is 0 Å². The lowest BCUT2D eigenvalue weighted by molar-refractivity contribution is -0.115. The van der Waals surface area contributed by atoms with Crippen LogP contribution in [0, 0.1) is 0 Å². The number of allylic oxidation sites excluding steroid dienone is 1. The Bertz CT molecular complexity index is 590. The van der Waals surface area contributed by atoms with Gasteiger partial charge in [-0.15, -0.1) is 0 Å². The topological polar surface area (TPSA) is 58.2 Å². The van der Waals surface area contributed by atoms with Crippen LogP contribution in [0.5, 0.6) is 0 Å². The van der Waals surface area contributed by atoms with E-state index < -0.39 is 0 Å². The van der Waals surface area contributed by atoms with E-state index in [-0.39, 0.29) is 11.8 Å². The Kier molecular flexibility index (Phi) is 3.54. The molecule has 104 valence electrons. The maximum Gasteiger partial charge on any atom is 0.251 e. The number of amides is 2. The lowest BCUT2D eigenvalue weighted by Crippen LogP contribution is -2.24. The molecular weight excluding hydrogens is 252 g/mol. The fourth-order valence-corrected chi connectivity index (χ4v) is 2.77. The Morgan fingerprint density at radius 3 is 3.05 bits per heavy atom. The van der Waals surface area contributed by atoms with Crippen LogP contribution in [0.1, 0.15) is 41.6 Å². The molecule has 2 amide bonds. The molecule has 0 saturated carbocycles. The van der Waals surface area contributed by atoms with Crippen LogP contribution >= 0.6 is 0 Å². The maximum atomic E-state index is 12.1. The maximum absolute atomic E-state index is 12.1. The number of hydrogen-bond donors (Lipinski definition) is 2. The summed E-state index contributed by atoms with van der Waals surface area (Å²) >= 11 is 0. The van der Waals surface area contributed by atoms with Crippen molar-refractivity contribution in [2.75, 3.05) is 11.9 Å². The molecule has 1 aliphatic carbocycles. The van der Waals surface area contributed by atoms with Gasteiger partial charge in [-0.1, -0.05) is 11.6 Å². The standard InChI is InChI=1S/C16H18N2O2/c19-15-10-13-9-12(5-6-14(13)18-15)16(20)17-8-7-11-3-1-2-4-11/h3,5-6,9H,1-2,4,7-8,10H2,(H,17,20)(H,18,19). The molecule has 4 nitrogen and oxygen atoms in total. The van der Waals surface area contributed by atoms with Crippen molar-refractivity contribution in [3.05, 3.63) is 41.0 Å². The summed E-state index contributed by atoms with van der Waals surface area (Å²) in [7, 11) is 0. The summed E-state index contributed by atoms with van der Waals surface area (Å²) < 4.78 is 0. The summed E-state index contributed by atoms with van der Waals surface area (Å²) in [6, 6.07) is 5.36. The summed E-state index contributed by atoms with van der Waals surface area (Å²) in [6.45, 7) is 0.679. The second kappa shape index (κ2) is 5.49. The van der Waals surface area contributed by atoms with Crippen molar-refractivity contribution in [1.82, 2.24) is 5.32 Å². The molecule has 4 heteroatoms. The number of carbonyl (C=O) groups is 2. The second-order valence-corrected chi connectivity index (χ2v) is 5.36. The highest BCUT2D eigenvalue weighted by Crippen LogP contribution is 2.24. The molecule has 0 unspecified atom stereocenters. The lowest BCUT2D eigenvalue weighted by atomic mass is 10.1. The molecule has 3 rings (SSSR count). The third kappa shape index (κ3) is 2.74. The van der Waals surface area contributed by atoms with Gasteiger partial charge in [0.25, 0.3) is 5.91 Å². The van der Waals surface area contributed by atoms with Gasteiger partial charge in [-0.05, 0) is 49.4 Å². The molecule has 0 fully saturated rings. The molecular formula is C16H18N2O2. The summed E-state index contributed by atoms with van der Waals surface area (Å²) in [5.74, 6) is -0.0727. The molecule has 2 aliphatic rings. The Labute approximate surface area is 118 Å². The molecule has 1 aromatic carbocycles. The molecule has 1 aliphatic heterocycles. The van der Waals surface area contributed by atoms with Gasteiger partial charge >= 0.3 is 0 Å². The minimum absolute atomic E-state index is 0.00858. The summed E-state index contributed by atoms with van der Waals surface area (Å²) in [6.07, 6.45) is 7.17. The van der Waals surface area contributed by atoms with E-state index in [4.69, 9.17) is 0 Å². The van der Waals surface area contributed by atoms with Crippen LogP contribution in [0.4, 0.5) is 5.69 Å². The first-order valence-corrected chi connectivity index (χ1v) is 7.11. The van der Waals surface area contributed by atoms with Crippen LogP contribution in [-0.4, -0.2) is 18.4 Å². The van der Waals surface area contributed by atoms with Crippen LogP contribution < -0.4 is 10.6 Å². The predicted molar refractivity (Wildman–Crippen MR) is 77.7 cm³/mol. The van der Waals surface area contributed by atoms with Crippen molar-refractivity contribution >= 4 is 17.5 Å². The van der Waals surface area contributed by atoms with Crippen LogP contribution in [0.15, 0.2) is 29.8 Å². The van der Waals surface area contributed by atoms with Crippen LogP contribution in [-0.2, 0) is 11.2 Å². The highest BCUT2D eigenvalue weighted by molar-refractivity contribution is 6.01. The normalized spacial score (nSPS) is 16.6. The van der Waals surface area contributed by atoms with Gasteiger partial charge in [-0.3, -0.25) is 9.59 Å². The van der Waals surface area contributed by atoms with Gasteiger partial charge < -0.3 is 10.6 Å². The van der Waals surface area contributed by atoms with E-state index in [0.29, 0.717) is 18.5 Å². The Morgan fingerprint density at radius 1 is 1.35 bits per heavy atom. The number of benzene rings is 1. The Balaban J connectivity index is 1.57. The van der Waals surface area contributed by atoms with E-state index >= 15 is 0 Å². The first-order chi connectivity index (χ1) is 9.72. The number of hydrogen-bond acceptors (Lipinski definition) is 2. The molecule has 0 spiro atoms. The highest BCUT2D eigenvalue weighted by atomic mass is 16.2. The molecule has 0 bridgehead atoms. The second-order valence-electron chi connectivity index (χ2n) is 5.36. The number of carbonyl (C=O) groups excluding carboxylic acids is 2. The zero-order valence-corrected chi connectivity index (χ0v) is 11.4. The third-order valence-corrected chi connectivity index (χ3v) is 3.86. The zero-order chi connectivity index (χ0) is 13.9. The van der Waals surface area contributed by atoms with E-state index in [9.17, 15) is 9.59 Å². The van der Waals surface area contributed by atoms with Crippen molar-refractivity contribution in [2.45, 2.75) is 32.1 Å². The van der Waals surface area contributed by atoms with Crippen molar-refractivity contribution in [1.29, 1.82) is 0 Å². The number of anilines is 1. The fourth-order valence-electron chi connectivity index (χ4n) is 2.77. The van der Waals surface area contributed by atoms with Crippen LogP contribution in [0.3, 0.4) is 0 Å².